The zero-order chi connectivity index (χ0) is 13.2. The first kappa shape index (κ1) is 12.9. The highest BCUT2D eigenvalue weighted by atomic mass is 16.3. The van der Waals surface area contributed by atoms with Crippen LogP contribution < -0.4 is 5.32 Å². The van der Waals surface area contributed by atoms with E-state index in [-0.39, 0.29) is 0 Å². The van der Waals surface area contributed by atoms with Crippen LogP contribution in [0.5, 0.6) is 0 Å². The van der Waals surface area contributed by atoms with Crippen molar-refractivity contribution < 1.29 is 9.52 Å². The molecule has 0 aromatic carbocycles. The summed E-state index contributed by atoms with van der Waals surface area (Å²) in [5.74, 6) is 1.21. The van der Waals surface area contributed by atoms with Crippen LogP contribution in [0.3, 0.4) is 0 Å². The fourth-order valence-electron chi connectivity index (χ4n) is 2.26. The van der Waals surface area contributed by atoms with Gasteiger partial charge in [0.05, 0.1) is 17.3 Å². The van der Waals surface area contributed by atoms with Gasteiger partial charge in [-0.1, -0.05) is 13.8 Å². The molecule has 4 nitrogen and oxygen atoms in total. The second-order valence-corrected chi connectivity index (χ2v) is 5.44. The quantitative estimate of drug-likeness (QED) is 0.854. The number of rotatable bonds is 5. The third-order valence-electron chi connectivity index (χ3n) is 2.86. The summed E-state index contributed by atoms with van der Waals surface area (Å²) in [5.41, 5.74) is 0.0675. The van der Waals surface area contributed by atoms with Gasteiger partial charge >= 0.3 is 0 Å². The van der Waals surface area contributed by atoms with E-state index in [1.54, 1.807) is 12.5 Å². The van der Waals surface area contributed by atoms with Crippen molar-refractivity contribution in [1.29, 1.82) is 0 Å². The Labute approximate surface area is 107 Å². The maximum atomic E-state index is 10.3. The van der Waals surface area contributed by atoms with Crippen LogP contribution in [0.2, 0.25) is 0 Å². The van der Waals surface area contributed by atoms with Gasteiger partial charge in [0.25, 0.3) is 0 Å². The Morgan fingerprint density at radius 1 is 1.44 bits per heavy atom. The lowest BCUT2D eigenvalue weighted by atomic mass is 9.94. The lowest BCUT2D eigenvalue weighted by Crippen LogP contribution is -2.35. The predicted octanol–water partition coefficient (Wildman–Crippen LogP) is 3.04. The van der Waals surface area contributed by atoms with Crippen molar-refractivity contribution in [3.8, 4) is 0 Å². The van der Waals surface area contributed by atoms with Crippen molar-refractivity contribution in [2.75, 3.05) is 11.9 Å². The number of aromatic nitrogens is 1. The van der Waals surface area contributed by atoms with E-state index < -0.39 is 5.60 Å². The van der Waals surface area contributed by atoms with E-state index in [1.165, 1.54) is 0 Å². The molecule has 0 aliphatic carbocycles. The molecule has 2 aromatic heterocycles. The van der Waals surface area contributed by atoms with E-state index in [0.29, 0.717) is 12.5 Å². The molecule has 2 rings (SSSR count). The second kappa shape index (κ2) is 4.98. The normalized spacial score (nSPS) is 14.9. The standard InChI is InChI=1S/C14H20N2O2/c1-10(2)8-14(3,17)9-16-13-11-5-7-18-12(11)4-6-15-13/h4-7,10,17H,8-9H2,1-3H3,(H,15,16). The van der Waals surface area contributed by atoms with Crippen molar-refractivity contribution in [2.45, 2.75) is 32.8 Å². The topological polar surface area (TPSA) is 58.3 Å². The van der Waals surface area contributed by atoms with Gasteiger partial charge in [-0.15, -0.1) is 0 Å². The molecule has 2 N–H and O–H groups in total. The molecule has 0 bridgehead atoms. The molecule has 0 aliphatic rings. The molecule has 0 saturated heterocycles. The molecule has 98 valence electrons. The Morgan fingerprint density at radius 2 is 2.22 bits per heavy atom. The first-order valence-electron chi connectivity index (χ1n) is 6.26. The third kappa shape index (κ3) is 3.01. The van der Waals surface area contributed by atoms with Crippen LogP contribution in [0.15, 0.2) is 29.0 Å². The lowest BCUT2D eigenvalue weighted by Gasteiger charge is -2.25. The van der Waals surface area contributed by atoms with Crippen molar-refractivity contribution in [3.63, 3.8) is 0 Å². The van der Waals surface area contributed by atoms with E-state index >= 15 is 0 Å². The van der Waals surface area contributed by atoms with Crippen LogP contribution in [0.25, 0.3) is 11.0 Å². The van der Waals surface area contributed by atoms with E-state index in [1.807, 2.05) is 19.1 Å². The molecule has 0 fully saturated rings. The average molecular weight is 248 g/mol. The number of aliphatic hydroxyl groups is 1. The number of hydrogen-bond donors (Lipinski definition) is 2. The first-order chi connectivity index (χ1) is 8.48. The van der Waals surface area contributed by atoms with Crippen LogP contribution >= 0.6 is 0 Å². The average Bonchev–Trinajstić information content (AvgIpc) is 2.72. The third-order valence-corrected chi connectivity index (χ3v) is 2.86. The molecule has 18 heavy (non-hydrogen) atoms. The minimum absolute atomic E-state index is 0.458. The Balaban J connectivity index is 2.08. The van der Waals surface area contributed by atoms with Crippen molar-refractivity contribution in [3.05, 3.63) is 24.6 Å². The first-order valence-corrected chi connectivity index (χ1v) is 6.26. The molecule has 0 radical (unpaired) electrons. The van der Waals surface area contributed by atoms with Gasteiger partial charge in [0.1, 0.15) is 11.4 Å². The van der Waals surface area contributed by atoms with Crippen LogP contribution in [0, 0.1) is 5.92 Å². The van der Waals surface area contributed by atoms with Gasteiger partial charge in [-0.25, -0.2) is 4.98 Å². The molecular weight excluding hydrogens is 228 g/mol. The molecule has 1 atom stereocenters. The van der Waals surface area contributed by atoms with Gasteiger partial charge in [-0.2, -0.15) is 0 Å². The monoisotopic (exact) mass is 248 g/mol. The summed E-state index contributed by atoms with van der Waals surface area (Å²) >= 11 is 0. The summed E-state index contributed by atoms with van der Waals surface area (Å²) < 4.78 is 5.31. The fraction of sp³-hybridized carbons (Fsp3) is 0.500. The molecule has 4 heteroatoms. The minimum Gasteiger partial charge on any atom is -0.464 e. The van der Waals surface area contributed by atoms with Gasteiger partial charge in [0, 0.05) is 12.7 Å². The summed E-state index contributed by atoms with van der Waals surface area (Å²) in [4.78, 5) is 4.28. The number of nitrogens with zero attached hydrogens (tertiary/aromatic N) is 1. The number of pyridine rings is 1. The van der Waals surface area contributed by atoms with E-state index in [4.69, 9.17) is 4.42 Å². The number of anilines is 1. The molecule has 0 aliphatic heterocycles. The van der Waals surface area contributed by atoms with Crippen molar-refractivity contribution in [1.82, 2.24) is 4.98 Å². The fourth-order valence-corrected chi connectivity index (χ4v) is 2.26. The lowest BCUT2D eigenvalue weighted by molar-refractivity contribution is 0.0515. The van der Waals surface area contributed by atoms with Gasteiger partial charge in [-0.3, -0.25) is 0 Å². The summed E-state index contributed by atoms with van der Waals surface area (Å²) in [6.07, 6.45) is 4.09. The molecule has 2 heterocycles. The van der Waals surface area contributed by atoms with Crippen LogP contribution in [0.4, 0.5) is 5.82 Å². The van der Waals surface area contributed by atoms with Gasteiger partial charge in [0.2, 0.25) is 0 Å². The highest BCUT2D eigenvalue weighted by Crippen LogP contribution is 2.23. The zero-order valence-corrected chi connectivity index (χ0v) is 11.1. The van der Waals surface area contributed by atoms with Gasteiger partial charge in [0.15, 0.2) is 0 Å². The number of nitrogens with one attached hydrogen (secondary N) is 1. The molecule has 2 aromatic rings. The predicted molar refractivity (Wildman–Crippen MR) is 72.6 cm³/mol. The van der Waals surface area contributed by atoms with Crippen LogP contribution in [-0.4, -0.2) is 22.2 Å². The Bertz CT molecular complexity index is 517. The Hall–Kier alpha value is -1.55. The molecule has 0 spiro atoms. The summed E-state index contributed by atoms with van der Waals surface area (Å²) in [7, 11) is 0. The Morgan fingerprint density at radius 3 is 2.94 bits per heavy atom. The number of furan rings is 1. The smallest absolute Gasteiger partial charge is 0.139 e. The Kier molecular flexibility index (Phi) is 3.57. The SMILES string of the molecule is CC(C)CC(C)(O)CNc1nccc2occc12. The maximum absolute atomic E-state index is 10.3. The van der Waals surface area contributed by atoms with Gasteiger partial charge in [-0.05, 0) is 31.4 Å². The molecule has 1 unspecified atom stereocenters. The van der Waals surface area contributed by atoms with E-state index in [9.17, 15) is 5.11 Å². The summed E-state index contributed by atoms with van der Waals surface area (Å²) in [6.45, 7) is 6.52. The highest BCUT2D eigenvalue weighted by molar-refractivity contribution is 5.87. The van der Waals surface area contributed by atoms with Crippen molar-refractivity contribution in [2.24, 2.45) is 5.92 Å². The highest BCUT2D eigenvalue weighted by Gasteiger charge is 2.22. The van der Waals surface area contributed by atoms with Gasteiger partial charge < -0.3 is 14.8 Å². The maximum Gasteiger partial charge on any atom is 0.139 e. The zero-order valence-electron chi connectivity index (χ0n) is 11.1. The second-order valence-electron chi connectivity index (χ2n) is 5.44. The van der Waals surface area contributed by atoms with E-state index in [2.05, 4.69) is 24.1 Å². The number of hydrogen-bond acceptors (Lipinski definition) is 4. The van der Waals surface area contributed by atoms with Crippen LogP contribution in [0.1, 0.15) is 27.2 Å². The van der Waals surface area contributed by atoms with E-state index in [0.717, 1.165) is 23.2 Å². The van der Waals surface area contributed by atoms with Crippen LogP contribution in [-0.2, 0) is 0 Å². The molecular formula is C14H20N2O2. The molecule has 0 saturated carbocycles. The molecule has 0 amide bonds. The summed E-state index contributed by atoms with van der Waals surface area (Å²) in [5, 5.41) is 14.4. The summed E-state index contributed by atoms with van der Waals surface area (Å²) in [6, 6.07) is 3.70. The number of fused-ring (bicyclic) bond motifs is 1. The minimum atomic E-state index is -0.734. The van der Waals surface area contributed by atoms with Crippen molar-refractivity contribution >= 4 is 16.8 Å². The largest absolute Gasteiger partial charge is 0.464 e.